The lowest BCUT2D eigenvalue weighted by Gasteiger charge is -2.35. The molecule has 20 heavy (non-hydrogen) atoms. The van der Waals surface area contributed by atoms with Crippen LogP contribution in [0.5, 0.6) is 0 Å². The third-order valence-electron chi connectivity index (χ3n) is 4.44. The molecule has 112 valence electrons. The molecular weight excluding hydrogens is 250 g/mol. The van der Waals surface area contributed by atoms with Gasteiger partial charge in [-0.25, -0.2) is 0 Å². The van der Waals surface area contributed by atoms with Gasteiger partial charge in [-0.1, -0.05) is 0 Å². The number of likely N-dealkylation sites (N-methyl/N-ethyl adjacent to an activating group) is 1. The maximum absolute atomic E-state index is 5.94. The first-order valence-electron chi connectivity index (χ1n) is 7.83. The lowest BCUT2D eigenvalue weighted by atomic mass is 10.2. The van der Waals surface area contributed by atoms with Crippen molar-refractivity contribution in [3.63, 3.8) is 0 Å². The van der Waals surface area contributed by atoms with Crippen molar-refractivity contribution in [2.24, 2.45) is 13.0 Å². The van der Waals surface area contributed by atoms with Crippen LogP contribution < -0.4 is 0 Å². The molecule has 2 heterocycles. The molecule has 2 aliphatic rings. The van der Waals surface area contributed by atoms with Gasteiger partial charge < -0.3 is 14.2 Å². The summed E-state index contributed by atoms with van der Waals surface area (Å²) in [6.07, 6.45) is 5.34. The van der Waals surface area contributed by atoms with Crippen LogP contribution in [0.15, 0.2) is 18.3 Å². The van der Waals surface area contributed by atoms with Crippen molar-refractivity contribution >= 4 is 0 Å². The molecule has 0 radical (unpaired) electrons. The van der Waals surface area contributed by atoms with Crippen LogP contribution in [-0.2, 0) is 18.3 Å². The van der Waals surface area contributed by atoms with E-state index in [0.29, 0.717) is 6.10 Å². The monoisotopic (exact) mass is 277 g/mol. The molecule has 0 amide bonds. The van der Waals surface area contributed by atoms with E-state index in [2.05, 4.69) is 46.8 Å². The summed E-state index contributed by atoms with van der Waals surface area (Å²) in [7, 11) is 4.36. The minimum Gasteiger partial charge on any atom is -0.374 e. The molecule has 1 saturated heterocycles. The van der Waals surface area contributed by atoms with Gasteiger partial charge in [0.25, 0.3) is 0 Å². The van der Waals surface area contributed by atoms with E-state index in [9.17, 15) is 0 Å². The van der Waals surface area contributed by atoms with Crippen LogP contribution >= 0.6 is 0 Å². The first-order chi connectivity index (χ1) is 9.70. The number of aryl methyl sites for hydroxylation is 1. The fourth-order valence-electron chi connectivity index (χ4n) is 3.09. The van der Waals surface area contributed by atoms with Crippen molar-refractivity contribution in [2.45, 2.75) is 25.5 Å². The van der Waals surface area contributed by atoms with Crippen LogP contribution in [0.3, 0.4) is 0 Å². The summed E-state index contributed by atoms with van der Waals surface area (Å²) in [5, 5.41) is 0. The molecule has 4 nitrogen and oxygen atoms in total. The number of aromatic nitrogens is 1. The van der Waals surface area contributed by atoms with Gasteiger partial charge in [-0.3, -0.25) is 4.90 Å². The fraction of sp³-hybridized carbons (Fsp3) is 0.750. The Balaban J connectivity index is 1.47. The van der Waals surface area contributed by atoms with Gasteiger partial charge in [0.15, 0.2) is 0 Å². The average molecular weight is 277 g/mol. The summed E-state index contributed by atoms with van der Waals surface area (Å²) in [5.74, 6) is 0.961. The lowest BCUT2D eigenvalue weighted by molar-refractivity contribution is -0.0439. The quantitative estimate of drug-likeness (QED) is 0.787. The normalized spacial score (nSPS) is 24.4. The number of hydrogen-bond donors (Lipinski definition) is 0. The highest BCUT2D eigenvalue weighted by Gasteiger charge is 2.26. The highest BCUT2D eigenvalue weighted by atomic mass is 16.5. The maximum Gasteiger partial charge on any atom is 0.0829 e. The Morgan fingerprint density at radius 2 is 2.20 bits per heavy atom. The van der Waals surface area contributed by atoms with Crippen LogP contribution in [0.2, 0.25) is 0 Å². The Labute approximate surface area is 122 Å². The first-order valence-corrected chi connectivity index (χ1v) is 7.83. The van der Waals surface area contributed by atoms with Crippen LogP contribution in [-0.4, -0.2) is 60.3 Å². The zero-order valence-corrected chi connectivity index (χ0v) is 12.8. The Kier molecular flexibility index (Phi) is 4.44. The van der Waals surface area contributed by atoms with Gasteiger partial charge in [-0.2, -0.15) is 0 Å². The Bertz CT molecular complexity index is 427. The molecule has 4 heteroatoms. The van der Waals surface area contributed by atoms with Gasteiger partial charge in [0.1, 0.15) is 0 Å². The topological polar surface area (TPSA) is 20.6 Å². The summed E-state index contributed by atoms with van der Waals surface area (Å²) in [6, 6.07) is 4.33. The van der Waals surface area contributed by atoms with E-state index in [0.717, 1.165) is 38.7 Å². The predicted octanol–water partition coefficient (Wildman–Crippen LogP) is 1.57. The lowest BCUT2D eigenvalue weighted by Crippen LogP contribution is -2.47. The molecule has 0 aromatic carbocycles. The molecule has 1 atom stereocenters. The highest BCUT2D eigenvalue weighted by Crippen LogP contribution is 2.29. The summed E-state index contributed by atoms with van der Waals surface area (Å²) in [6.45, 7) is 6.33. The number of nitrogens with zero attached hydrogens (tertiary/aromatic N) is 3. The van der Waals surface area contributed by atoms with E-state index in [1.165, 1.54) is 25.1 Å². The van der Waals surface area contributed by atoms with Crippen molar-refractivity contribution < 1.29 is 4.74 Å². The van der Waals surface area contributed by atoms with Crippen molar-refractivity contribution in [2.75, 3.05) is 39.8 Å². The van der Waals surface area contributed by atoms with E-state index in [-0.39, 0.29) is 0 Å². The van der Waals surface area contributed by atoms with Gasteiger partial charge in [0, 0.05) is 51.7 Å². The zero-order valence-electron chi connectivity index (χ0n) is 12.8. The van der Waals surface area contributed by atoms with Crippen LogP contribution in [0, 0.1) is 5.92 Å². The maximum atomic E-state index is 5.94. The van der Waals surface area contributed by atoms with Crippen LogP contribution in [0.25, 0.3) is 0 Å². The molecule has 1 aromatic rings. The van der Waals surface area contributed by atoms with Crippen molar-refractivity contribution in [3.05, 3.63) is 24.0 Å². The molecule has 0 bridgehead atoms. The van der Waals surface area contributed by atoms with Crippen LogP contribution in [0.1, 0.15) is 18.5 Å². The molecule has 2 fully saturated rings. The summed E-state index contributed by atoms with van der Waals surface area (Å²) < 4.78 is 8.15. The van der Waals surface area contributed by atoms with E-state index in [1.807, 2.05) is 0 Å². The zero-order chi connectivity index (χ0) is 13.9. The second kappa shape index (κ2) is 6.29. The van der Waals surface area contributed by atoms with E-state index in [4.69, 9.17) is 4.74 Å². The third kappa shape index (κ3) is 3.84. The molecular formula is C16H27N3O. The van der Waals surface area contributed by atoms with Gasteiger partial charge in [-0.15, -0.1) is 0 Å². The highest BCUT2D eigenvalue weighted by molar-refractivity contribution is 5.06. The number of ether oxygens (including phenoxy) is 1. The summed E-state index contributed by atoms with van der Waals surface area (Å²) in [5.41, 5.74) is 1.39. The molecule has 0 spiro atoms. The molecule has 0 N–H and O–H groups in total. The molecule has 3 rings (SSSR count). The van der Waals surface area contributed by atoms with Gasteiger partial charge in [0.2, 0.25) is 0 Å². The van der Waals surface area contributed by atoms with E-state index < -0.39 is 0 Å². The second-order valence-electron chi connectivity index (χ2n) is 6.50. The number of morpholine rings is 1. The largest absolute Gasteiger partial charge is 0.374 e. The fourth-order valence-corrected chi connectivity index (χ4v) is 3.09. The minimum absolute atomic E-state index is 0.368. The van der Waals surface area contributed by atoms with Crippen molar-refractivity contribution in [1.82, 2.24) is 14.4 Å². The smallest absolute Gasteiger partial charge is 0.0829 e. The molecule has 1 aliphatic carbocycles. The Morgan fingerprint density at radius 1 is 1.35 bits per heavy atom. The Morgan fingerprint density at radius 3 is 2.90 bits per heavy atom. The van der Waals surface area contributed by atoms with Crippen LogP contribution in [0.4, 0.5) is 0 Å². The standard InChI is InChI=1S/C16H27N3O/c1-17(10-14-5-6-14)12-16-13-19(8-9-20-16)11-15-4-3-7-18(15)2/h3-4,7,14,16H,5-6,8-13H2,1-2H3/t16-/m1/s1. The molecule has 1 aromatic heterocycles. The summed E-state index contributed by atoms with van der Waals surface area (Å²) in [4.78, 5) is 4.98. The van der Waals surface area contributed by atoms with E-state index >= 15 is 0 Å². The molecule has 0 unspecified atom stereocenters. The second-order valence-corrected chi connectivity index (χ2v) is 6.50. The van der Waals surface area contributed by atoms with Gasteiger partial charge in [0.05, 0.1) is 12.7 Å². The van der Waals surface area contributed by atoms with Crippen molar-refractivity contribution in [3.8, 4) is 0 Å². The SMILES string of the molecule is CN(CC1CC1)C[C@@H]1CN(Cc2cccn2C)CCO1. The molecule has 1 saturated carbocycles. The Hall–Kier alpha value is -0.840. The number of rotatable bonds is 6. The molecule has 1 aliphatic heterocycles. The number of hydrogen-bond acceptors (Lipinski definition) is 3. The third-order valence-corrected chi connectivity index (χ3v) is 4.44. The average Bonchev–Trinajstić information content (AvgIpc) is 3.13. The minimum atomic E-state index is 0.368. The summed E-state index contributed by atoms with van der Waals surface area (Å²) >= 11 is 0. The van der Waals surface area contributed by atoms with E-state index in [1.54, 1.807) is 0 Å². The predicted molar refractivity (Wildman–Crippen MR) is 80.7 cm³/mol. The van der Waals surface area contributed by atoms with Crippen molar-refractivity contribution in [1.29, 1.82) is 0 Å². The first kappa shape index (κ1) is 14.1. The van der Waals surface area contributed by atoms with Gasteiger partial charge >= 0.3 is 0 Å². The van der Waals surface area contributed by atoms with Gasteiger partial charge in [-0.05, 0) is 37.9 Å².